The van der Waals surface area contributed by atoms with Crippen LogP contribution in [0.1, 0.15) is 19.8 Å². The van der Waals surface area contributed by atoms with Gasteiger partial charge in [-0.25, -0.2) is 0 Å². The van der Waals surface area contributed by atoms with Crippen molar-refractivity contribution in [3.63, 3.8) is 0 Å². The number of methoxy groups -OCH3 is 1. The van der Waals surface area contributed by atoms with Gasteiger partial charge in [0, 0.05) is 29.9 Å². The molecule has 1 atom stereocenters. The Bertz CT molecular complexity index is 947. The van der Waals surface area contributed by atoms with Gasteiger partial charge in [-0.15, -0.1) is 0 Å². The van der Waals surface area contributed by atoms with Gasteiger partial charge in [-0.05, 0) is 30.9 Å². The number of rotatable bonds is 4. The third kappa shape index (κ3) is 3.09. The van der Waals surface area contributed by atoms with Crippen LogP contribution in [0, 0.1) is 5.92 Å². The zero-order valence-corrected chi connectivity index (χ0v) is 15.2. The minimum absolute atomic E-state index is 0.128. The molecule has 1 fully saturated rings. The van der Waals surface area contributed by atoms with Gasteiger partial charge in [0.1, 0.15) is 16.9 Å². The fraction of sp³-hybridized carbons (Fsp3) is 0.381. The lowest BCUT2D eigenvalue weighted by Gasteiger charge is -2.31. The number of furan rings is 1. The molecule has 26 heavy (non-hydrogen) atoms. The van der Waals surface area contributed by atoms with Crippen molar-refractivity contribution in [2.45, 2.75) is 19.8 Å². The molecule has 3 aromatic rings. The zero-order chi connectivity index (χ0) is 18.1. The number of ether oxygens (including phenoxy) is 1. The summed E-state index contributed by atoms with van der Waals surface area (Å²) < 4.78 is 11.5. The van der Waals surface area contributed by atoms with E-state index in [2.05, 4.69) is 12.2 Å². The van der Waals surface area contributed by atoms with Crippen LogP contribution in [0.4, 0.5) is 5.69 Å². The van der Waals surface area contributed by atoms with Gasteiger partial charge in [0.05, 0.1) is 19.3 Å². The standard InChI is InChI=1S/C21H24N2O3/c1-14-6-5-9-23(13-14)21(24)12-22-17-11-19-16(10-20(17)25-2)15-7-3-4-8-18(15)26-19/h3-4,7-8,10-11,14,22H,5-6,9,12-13H2,1-2H3. The molecule has 5 heteroatoms. The predicted molar refractivity (Wildman–Crippen MR) is 104 cm³/mol. The summed E-state index contributed by atoms with van der Waals surface area (Å²) in [4.78, 5) is 14.5. The van der Waals surface area contributed by atoms with E-state index < -0.39 is 0 Å². The quantitative estimate of drug-likeness (QED) is 0.762. The smallest absolute Gasteiger partial charge is 0.241 e. The summed E-state index contributed by atoms with van der Waals surface area (Å²) in [6, 6.07) is 11.8. The molecule has 0 radical (unpaired) electrons. The van der Waals surface area contributed by atoms with E-state index in [1.165, 1.54) is 6.42 Å². The molecule has 4 rings (SSSR count). The van der Waals surface area contributed by atoms with E-state index >= 15 is 0 Å². The number of carbonyl (C=O) groups excluding carboxylic acids is 1. The highest BCUT2D eigenvalue weighted by Crippen LogP contribution is 2.36. The van der Waals surface area contributed by atoms with Crippen LogP contribution in [-0.2, 0) is 4.79 Å². The highest BCUT2D eigenvalue weighted by Gasteiger charge is 2.21. The number of fused-ring (bicyclic) bond motifs is 3. The molecular formula is C21H24N2O3. The fourth-order valence-corrected chi connectivity index (χ4v) is 3.76. The van der Waals surface area contributed by atoms with Crippen LogP contribution < -0.4 is 10.1 Å². The van der Waals surface area contributed by atoms with Gasteiger partial charge in [0.15, 0.2) is 0 Å². The van der Waals surface area contributed by atoms with Crippen molar-refractivity contribution in [3.05, 3.63) is 36.4 Å². The topological polar surface area (TPSA) is 54.7 Å². The second kappa shape index (κ2) is 6.90. The zero-order valence-electron chi connectivity index (χ0n) is 15.2. The molecule has 1 aliphatic heterocycles. The van der Waals surface area contributed by atoms with Crippen molar-refractivity contribution in [1.82, 2.24) is 4.90 Å². The summed E-state index contributed by atoms with van der Waals surface area (Å²) in [6.45, 7) is 4.16. The molecule has 1 unspecified atom stereocenters. The third-order valence-electron chi connectivity index (χ3n) is 5.14. The summed E-state index contributed by atoms with van der Waals surface area (Å²) >= 11 is 0. The number of nitrogens with zero attached hydrogens (tertiary/aromatic N) is 1. The first-order valence-electron chi connectivity index (χ1n) is 9.16. The van der Waals surface area contributed by atoms with E-state index in [1.54, 1.807) is 7.11 Å². The number of hydrogen-bond acceptors (Lipinski definition) is 4. The Morgan fingerprint density at radius 2 is 2.12 bits per heavy atom. The summed E-state index contributed by atoms with van der Waals surface area (Å²) in [5.74, 6) is 1.42. The second-order valence-electron chi connectivity index (χ2n) is 7.09. The number of carbonyl (C=O) groups is 1. The number of likely N-dealkylation sites (tertiary alicyclic amines) is 1. The Morgan fingerprint density at radius 3 is 2.92 bits per heavy atom. The minimum Gasteiger partial charge on any atom is -0.495 e. The van der Waals surface area contributed by atoms with Crippen LogP contribution in [0.25, 0.3) is 21.9 Å². The molecule has 2 aromatic carbocycles. The first-order chi connectivity index (χ1) is 12.7. The number of benzene rings is 2. The van der Waals surface area contributed by atoms with Crippen molar-refractivity contribution < 1.29 is 13.9 Å². The normalized spacial score (nSPS) is 17.6. The Hall–Kier alpha value is -2.69. The molecule has 1 amide bonds. The Balaban J connectivity index is 1.57. The third-order valence-corrected chi connectivity index (χ3v) is 5.14. The van der Waals surface area contributed by atoms with Gasteiger partial charge in [0.2, 0.25) is 5.91 Å². The van der Waals surface area contributed by atoms with E-state index in [-0.39, 0.29) is 12.5 Å². The number of anilines is 1. The van der Waals surface area contributed by atoms with Crippen LogP contribution in [0.3, 0.4) is 0 Å². The summed E-state index contributed by atoms with van der Waals surface area (Å²) in [7, 11) is 1.64. The molecule has 1 aliphatic rings. The molecule has 136 valence electrons. The number of hydrogen-bond donors (Lipinski definition) is 1. The predicted octanol–water partition coefficient (Wildman–Crippen LogP) is 4.27. The maximum absolute atomic E-state index is 12.5. The molecule has 5 nitrogen and oxygen atoms in total. The van der Waals surface area contributed by atoms with Crippen molar-refractivity contribution in [2.75, 3.05) is 32.1 Å². The van der Waals surface area contributed by atoms with Crippen LogP contribution in [0.15, 0.2) is 40.8 Å². The van der Waals surface area contributed by atoms with E-state index in [9.17, 15) is 4.79 Å². The molecule has 2 heterocycles. The van der Waals surface area contributed by atoms with E-state index in [4.69, 9.17) is 9.15 Å². The van der Waals surface area contributed by atoms with Crippen molar-refractivity contribution in [1.29, 1.82) is 0 Å². The maximum atomic E-state index is 12.5. The highest BCUT2D eigenvalue weighted by molar-refractivity contribution is 6.06. The fourth-order valence-electron chi connectivity index (χ4n) is 3.76. The van der Waals surface area contributed by atoms with E-state index in [1.807, 2.05) is 41.3 Å². The molecule has 1 N–H and O–H groups in total. The van der Waals surface area contributed by atoms with Gasteiger partial charge in [-0.1, -0.05) is 25.1 Å². The molecule has 1 aromatic heterocycles. The van der Waals surface area contributed by atoms with Crippen LogP contribution in [0.2, 0.25) is 0 Å². The van der Waals surface area contributed by atoms with Crippen LogP contribution >= 0.6 is 0 Å². The van der Waals surface area contributed by atoms with Gasteiger partial charge >= 0.3 is 0 Å². The summed E-state index contributed by atoms with van der Waals surface area (Å²) in [5, 5.41) is 5.31. The lowest BCUT2D eigenvalue weighted by molar-refractivity contribution is -0.130. The maximum Gasteiger partial charge on any atom is 0.241 e. The van der Waals surface area contributed by atoms with Crippen LogP contribution in [-0.4, -0.2) is 37.6 Å². The second-order valence-corrected chi connectivity index (χ2v) is 7.09. The van der Waals surface area contributed by atoms with Crippen molar-refractivity contribution >= 4 is 33.5 Å². The summed E-state index contributed by atoms with van der Waals surface area (Å²) in [6.07, 6.45) is 2.29. The average Bonchev–Trinajstić information content (AvgIpc) is 3.02. The lowest BCUT2D eigenvalue weighted by Crippen LogP contribution is -2.41. The number of piperidine rings is 1. The van der Waals surface area contributed by atoms with Crippen molar-refractivity contribution in [2.24, 2.45) is 5.92 Å². The Kier molecular flexibility index (Phi) is 4.45. The SMILES string of the molecule is COc1cc2c(cc1NCC(=O)N1CCCC(C)C1)oc1ccccc12. The molecular weight excluding hydrogens is 328 g/mol. The van der Waals surface area contributed by atoms with Crippen LogP contribution in [0.5, 0.6) is 5.75 Å². The van der Waals surface area contributed by atoms with E-state index in [0.717, 1.165) is 47.1 Å². The van der Waals surface area contributed by atoms with Gasteiger partial charge in [-0.2, -0.15) is 0 Å². The van der Waals surface area contributed by atoms with Gasteiger partial charge in [0.25, 0.3) is 0 Å². The van der Waals surface area contributed by atoms with Gasteiger partial charge in [-0.3, -0.25) is 4.79 Å². The Labute approximate surface area is 152 Å². The number of nitrogens with one attached hydrogen (secondary N) is 1. The monoisotopic (exact) mass is 352 g/mol. The molecule has 0 spiro atoms. The molecule has 0 saturated carbocycles. The molecule has 0 bridgehead atoms. The summed E-state index contributed by atoms with van der Waals surface area (Å²) in [5.41, 5.74) is 2.41. The Morgan fingerprint density at radius 1 is 1.27 bits per heavy atom. The minimum atomic E-state index is 0.128. The van der Waals surface area contributed by atoms with E-state index in [0.29, 0.717) is 11.7 Å². The average molecular weight is 352 g/mol. The van der Waals surface area contributed by atoms with Crippen molar-refractivity contribution in [3.8, 4) is 5.75 Å². The largest absolute Gasteiger partial charge is 0.495 e. The molecule has 1 saturated heterocycles. The number of para-hydroxylation sites is 1. The number of amides is 1. The highest BCUT2D eigenvalue weighted by atomic mass is 16.5. The van der Waals surface area contributed by atoms with Gasteiger partial charge < -0.3 is 19.4 Å². The first-order valence-corrected chi connectivity index (χ1v) is 9.16. The first kappa shape index (κ1) is 16.8. The lowest BCUT2D eigenvalue weighted by atomic mass is 10.0. The molecule has 0 aliphatic carbocycles.